The van der Waals surface area contributed by atoms with E-state index in [1.165, 1.54) is 19.4 Å². The first kappa shape index (κ1) is 10.7. The number of ether oxygens (including phenoxy) is 1. The molecule has 0 aromatic heterocycles. The maximum Gasteiger partial charge on any atom is 0.409 e. The van der Waals surface area contributed by atoms with Crippen molar-refractivity contribution in [2.75, 3.05) is 39.4 Å². The van der Waals surface area contributed by atoms with E-state index in [1.807, 2.05) is 0 Å². The summed E-state index contributed by atoms with van der Waals surface area (Å²) in [6.45, 7) is 3.66. The van der Waals surface area contributed by atoms with Crippen LogP contribution in [0.5, 0.6) is 0 Å². The fourth-order valence-corrected chi connectivity index (χ4v) is 2.38. The quantitative estimate of drug-likeness (QED) is 0.697. The van der Waals surface area contributed by atoms with Gasteiger partial charge < -0.3 is 14.7 Å². The second-order valence-corrected chi connectivity index (χ2v) is 4.12. The van der Waals surface area contributed by atoms with Crippen LogP contribution in [0.3, 0.4) is 0 Å². The highest BCUT2D eigenvalue weighted by atomic mass is 16.6. The van der Waals surface area contributed by atoms with Crippen LogP contribution in [-0.2, 0) is 4.74 Å². The van der Waals surface area contributed by atoms with Gasteiger partial charge in [0.1, 0.15) is 6.61 Å². The minimum absolute atomic E-state index is 0.101. The molecule has 0 aromatic rings. The fraction of sp³-hybridized carbons (Fsp3) is 0.900. The molecule has 2 aliphatic rings. The molecule has 0 saturated carbocycles. The minimum atomic E-state index is -0.282. The van der Waals surface area contributed by atoms with Crippen LogP contribution in [0.2, 0.25) is 0 Å². The van der Waals surface area contributed by atoms with Crippen LogP contribution in [0.1, 0.15) is 12.8 Å². The maximum absolute atomic E-state index is 11.5. The first-order valence-corrected chi connectivity index (χ1v) is 5.58. The molecule has 0 radical (unpaired) electrons. The topological polar surface area (TPSA) is 53.0 Å². The van der Waals surface area contributed by atoms with Gasteiger partial charge in [-0.05, 0) is 19.4 Å². The Labute approximate surface area is 89.6 Å². The maximum atomic E-state index is 11.5. The molecule has 15 heavy (non-hydrogen) atoms. The zero-order chi connectivity index (χ0) is 10.7. The summed E-state index contributed by atoms with van der Waals surface area (Å²) < 4.78 is 4.90. The lowest BCUT2D eigenvalue weighted by Crippen LogP contribution is -2.52. The smallest absolute Gasteiger partial charge is 0.409 e. The molecule has 1 amide bonds. The SMILES string of the molecule is O=C(OCCO)N1CCN2CCCC2C1. The second kappa shape index (κ2) is 4.81. The zero-order valence-electron chi connectivity index (χ0n) is 8.89. The standard InChI is InChI=1S/C10H18N2O3/c13-6-7-15-10(14)12-5-4-11-3-1-2-9(11)8-12/h9,13H,1-8H2. The Morgan fingerprint density at radius 1 is 1.40 bits per heavy atom. The van der Waals surface area contributed by atoms with Gasteiger partial charge in [-0.25, -0.2) is 4.79 Å². The van der Waals surface area contributed by atoms with Gasteiger partial charge in [-0.15, -0.1) is 0 Å². The Morgan fingerprint density at radius 2 is 2.27 bits per heavy atom. The summed E-state index contributed by atoms with van der Waals surface area (Å²) in [6.07, 6.45) is 2.14. The normalized spacial score (nSPS) is 26.5. The molecule has 0 spiro atoms. The lowest BCUT2D eigenvalue weighted by molar-refractivity contribution is 0.0547. The third kappa shape index (κ3) is 2.41. The van der Waals surface area contributed by atoms with Crippen molar-refractivity contribution in [2.45, 2.75) is 18.9 Å². The number of rotatable bonds is 2. The van der Waals surface area contributed by atoms with E-state index in [2.05, 4.69) is 4.90 Å². The molecule has 2 saturated heterocycles. The van der Waals surface area contributed by atoms with Crippen LogP contribution in [0, 0.1) is 0 Å². The molecule has 0 aromatic carbocycles. The molecule has 0 aliphatic carbocycles. The largest absolute Gasteiger partial charge is 0.447 e. The predicted molar refractivity (Wildman–Crippen MR) is 54.6 cm³/mol. The van der Waals surface area contributed by atoms with Crippen LogP contribution in [-0.4, -0.2) is 66.4 Å². The first-order chi connectivity index (χ1) is 7.31. The number of carbonyl (C=O) groups excluding carboxylic acids is 1. The van der Waals surface area contributed by atoms with Crippen molar-refractivity contribution < 1.29 is 14.6 Å². The van der Waals surface area contributed by atoms with Gasteiger partial charge in [-0.2, -0.15) is 0 Å². The van der Waals surface area contributed by atoms with Crippen molar-refractivity contribution >= 4 is 6.09 Å². The molecular formula is C10H18N2O3. The average molecular weight is 214 g/mol. The molecule has 5 heteroatoms. The molecule has 2 heterocycles. The summed E-state index contributed by atoms with van der Waals surface area (Å²) in [7, 11) is 0. The van der Waals surface area contributed by atoms with E-state index in [1.54, 1.807) is 4.90 Å². The number of amides is 1. The predicted octanol–water partition coefficient (Wildman–Crippen LogP) is -0.105. The summed E-state index contributed by atoms with van der Waals surface area (Å²) in [4.78, 5) is 15.7. The van der Waals surface area contributed by atoms with Crippen LogP contribution in [0.4, 0.5) is 4.79 Å². The average Bonchev–Trinajstić information content (AvgIpc) is 2.72. The number of hydrogen-bond donors (Lipinski definition) is 1. The van der Waals surface area contributed by atoms with Gasteiger partial charge in [-0.1, -0.05) is 0 Å². The van der Waals surface area contributed by atoms with Gasteiger partial charge in [0.05, 0.1) is 6.61 Å². The second-order valence-electron chi connectivity index (χ2n) is 4.12. The minimum Gasteiger partial charge on any atom is -0.447 e. The van der Waals surface area contributed by atoms with Gasteiger partial charge in [0.2, 0.25) is 0 Å². The van der Waals surface area contributed by atoms with E-state index < -0.39 is 0 Å². The molecule has 2 fully saturated rings. The van der Waals surface area contributed by atoms with Crippen molar-refractivity contribution in [3.8, 4) is 0 Å². The molecule has 2 rings (SSSR count). The van der Waals surface area contributed by atoms with Gasteiger partial charge in [0.25, 0.3) is 0 Å². The third-order valence-corrected chi connectivity index (χ3v) is 3.16. The van der Waals surface area contributed by atoms with E-state index in [-0.39, 0.29) is 19.3 Å². The summed E-state index contributed by atoms with van der Waals surface area (Å²) in [5.41, 5.74) is 0. The Hall–Kier alpha value is -0.810. The van der Waals surface area contributed by atoms with Crippen LogP contribution >= 0.6 is 0 Å². The molecule has 1 N–H and O–H groups in total. The fourth-order valence-electron chi connectivity index (χ4n) is 2.38. The molecule has 1 unspecified atom stereocenters. The lowest BCUT2D eigenvalue weighted by Gasteiger charge is -2.36. The van der Waals surface area contributed by atoms with Gasteiger partial charge in [0, 0.05) is 25.7 Å². The van der Waals surface area contributed by atoms with Crippen molar-refractivity contribution in [1.29, 1.82) is 0 Å². The van der Waals surface area contributed by atoms with Gasteiger partial charge >= 0.3 is 6.09 Å². The first-order valence-electron chi connectivity index (χ1n) is 5.58. The van der Waals surface area contributed by atoms with E-state index in [9.17, 15) is 4.79 Å². The molecular weight excluding hydrogens is 196 g/mol. The van der Waals surface area contributed by atoms with Gasteiger partial charge in [-0.3, -0.25) is 4.90 Å². The van der Waals surface area contributed by atoms with Gasteiger partial charge in [0.15, 0.2) is 0 Å². The number of nitrogens with zero attached hydrogens (tertiary/aromatic N) is 2. The number of aliphatic hydroxyl groups is 1. The van der Waals surface area contributed by atoms with E-state index in [0.717, 1.165) is 19.6 Å². The van der Waals surface area contributed by atoms with Crippen LogP contribution < -0.4 is 0 Å². The highest BCUT2D eigenvalue weighted by molar-refractivity contribution is 5.67. The molecule has 2 aliphatic heterocycles. The van der Waals surface area contributed by atoms with Crippen LogP contribution in [0.15, 0.2) is 0 Å². The van der Waals surface area contributed by atoms with Crippen molar-refractivity contribution in [3.05, 3.63) is 0 Å². The van der Waals surface area contributed by atoms with Crippen LogP contribution in [0.25, 0.3) is 0 Å². The summed E-state index contributed by atoms with van der Waals surface area (Å²) in [5.74, 6) is 0. The Morgan fingerprint density at radius 3 is 3.07 bits per heavy atom. The summed E-state index contributed by atoms with van der Waals surface area (Å²) in [5, 5.41) is 8.56. The highest BCUT2D eigenvalue weighted by Gasteiger charge is 2.32. The van der Waals surface area contributed by atoms with Crippen molar-refractivity contribution in [2.24, 2.45) is 0 Å². The molecule has 1 atom stereocenters. The molecule has 0 bridgehead atoms. The highest BCUT2D eigenvalue weighted by Crippen LogP contribution is 2.21. The number of hydrogen-bond acceptors (Lipinski definition) is 4. The Kier molecular flexibility index (Phi) is 3.43. The van der Waals surface area contributed by atoms with Crippen molar-refractivity contribution in [1.82, 2.24) is 9.80 Å². The number of piperazine rings is 1. The van der Waals surface area contributed by atoms with E-state index in [0.29, 0.717) is 6.04 Å². The third-order valence-electron chi connectivity index (χ3n) is 3.16. The lowest BCUT2D eigenvalue weighted by atomic mass is 10.2. The zero-order valence-corrected chi connectivity index (χ0v) is 8.89. The number of carbonyl (C=O) groups is 1. The number of aliphatic hydroxyl groups excluding tert-OH is 1. The van der Waals surface area contributed by atoms with E-state index in [4.69, 9.17) is 9.84 Å². The summed E-state index contributed by atoms with van der Waals surface area (Å²) >= 11 is 0. The molecule has 5 nitrogen and oxygen atoms in total. The summed E-state index contributed by atoms with van der Waals surface area (Å²) in [6, 6.07) is 0.528. The number of fused-ring (bicyclic) bond motifs is 1. The van der Waals surface area contributed by atoms with E-state index >= 15 is 0 Å². The Bertz CT molecular complexity index is 235. The Balaban J connectivity index is 1.81. The molecule has 86 valence electrons. The monoisotopic (exact) mass is 214 g/mol. The van der Waals surface area contributed by atoms with Crippen molar-refractivity contribution in [3.63, 3.8) is 0 Å².